The number of primary amides is 1. The number of likely N-dealkylation sites (tertiary alicyclic amines) is 1. The molecule has 1 aromatic rings. The molecular formula is C20H30N4O4. The monoisotopic (exact) mass is 390 g/mol. The van der Waals surface area contributed by atoms with Gasteiger partial charge in [-0.25, -0.2) is 4.79 Å². The number of nitrogens with two attached hydrogens (primary N) is 2. The van der Waals surface area contributed by atoms with Gasteiger partial charge >= 0.3 is 6.03 Å². The van der Waals surface area contributed by atoms with Gasteiger partial charge in [-0.15, -0.1) is 0 Å². The molecule has 2 aliphatic heterocycles. The summed E-state index contributed by atoms with van der Waals surface area (Å²) >= 11 is 0. The molecule has 3 amide bonds. The van der Waals surface area contributed by atoms with Gasteiger partial charge in [0.25, 0.3) is 0 Å². The largest absolute Gasteiger partial charge is 0.497 e. The first kappa shape index (κ1) is 20.4. The predicted octanol–water partition coefficient (Wildman–Crippen LogP) is 0.861. The number of rotatable bonds is 6. The molecule has 3 rings (SSSR count). The second-order valence-electron chi connectivity index (χ2n) is 7.48. The van der Waals surface area contributed by atoms with E-state index in [0.717, 1.165) is 25.0 Å². The molecule has 8 heteroatoms. The van der Waals surface area contributed by atoms with Crippen molar-refractivity contribution in [2.45, 2.75) is 43.7 Å². The van der Waals surface area contributed by atoms with E-state index < -0.39 is 12.1 Å². The summed E-state index contributed by atoms with van der Waals surface area (Å²) in [6.45, 7) is 2.35. The fraction of sp³-hybridized carbons (Fsp3) is 0.600. The summed E-state index contributed by atoms with van der Waals surface area (Å²) in [5, 5.41) is 2.51. The standard InChI is InChI=1S/C20H30N4O4/c1-27-15-4-5-16-14(13-15)6-12-28-20(16)7-10-24(11-8-20)18(25)17(21)3-2-9-23-19(22)26/h4-5,13,17H,2-3,6-12,21H2,1H3,(H3,22,23,26). The number of piperidine rings is 1. The van der Waals surface area contributed by atoms with Gasteiger partial charge in [-0.1, -0.05) is 6.07 Å². The van der Waals surface area contributed by atoms with Gasteiger partial charge in [-0.3, -0.25) is 4.79 Å². The Morgan fingerprint density at radius 1 is 1.36 bits per heavy atom. The lowest BCUT2D eigenvalue weighted by atomic mass is 9.79. The van der Waals surface area contributed by atoms with Crippen LogP contribution in [0.3, 0.4) is 0 Å². The molecule has 2 heterocycles. The molecule has 1 fully saturated rings. The quantitative estimate of drug-likeness (QED) is 0.622. The number of hydrogen-bond donors (Lipinski definition) is 3. The van der Waals surface area contributed by atoms with E-state index in [4.69, 9.17) is 20.9 Å². The van der Waals surface area contributed by atoms with Gasteiger partial charge in [0.15, 0.2) is 0 Å². The molecule has 0 aliphatic carbocycles. The summed E-state index contributed by atoms with van der Waals surface area (Å²) in [5.74, 6) is 0.819. The molecule has 28 heavy (non-hydrogen) atoms. The minimum Gasteiger partial charge on any atom is -0.497 e. The van der Waals surface area contributed by atoms with E-state index in [1.807, 2.05) is 11.0 Å². The van der Waals surface area contributed by atoms with Crippen LogP contribution >= 0.6 is 0 Å². The molecular weight excluding hydrogens is 360 g/mol. The van der Waals surface area contributed by atoms with Gasteiger partial charge < -0.3 is 31.2 Å². The Labute approximate surface area is 165 Å². The van der Waals surface area contributed by atoms with Crippen LogP contribution in [0.15, 0.2) is 18.2 Å². The van der Waals surface area contributed by atoms with E-state index in [9.17, 15) is 9.59 Å². The molecule has 1 atom stereocenters. The van der Waals surface area contributed by atoms with Gasteiger partial charge in [-0.05, 0) is 55.4 Å². The highest BCUT2D eigenvalue weighted by molar-refractivity contribution is 5.81. The molecule has 2 aliphatic rings. The van der Waals surface area contributed by atoms with E-state index in [1.54, 1.807) is 7.11 Å². The minimum absolute atomic E-state index is 0.0420. The van der Waals surface area contributed by atoms with Crippen LogP contribution in [0.2, 0.25) is 0 Å². The lowest BCUT2D eigenvalue weighted by molar-refractivity contribution is -0.142. The normalized spacial score (nSPS) is 19.0. The molecule has 8 nitrogen and oxygen atoms in total. The average molecular weight is 390 g/mol. The fourth-order valence-electron chi connectivity index (χ4n) is 4.18. The Morgan fingerprint density at radius 2 is 2.11 bits per heavy atom. The third kappa shape index (κ3) is 4.39. The Bertz CT molecular complexity index is 716. The van der Waals surface area contributed by atoms with Crippen LogP contribution in [0.4, 0.5) is 4.79 Å². The van der Waals surface area contributed by atoms with Crippen LogP contribution in [-0.4, -0.2) is 56.2 Å². The maximum absolute atomic E-state index is 12.7. The van der Waals surface area contributed by atoms with Crippen molar-refractivity contribution in [1.82, 2.24) is 10.2 Å². The van der Waals surface area contributed by atoms with Crippen molar-refractivity contribution in [3.8, 4) is 5.75 Å². The van der Waals surface area contributed by atoms with E-state index in [1.165, 1.54) is 11.1 Å². The van der Waals surface area contributed by atoms with Crippen molar-refractivity contribution >= 4 is 11.9 Å². The molecule has 1 unspecified atom stereocenters. The summed E-state index contributed by atoms with van der Waals surface area (Å²) in [6, 6.07) is 5.04. The summed E-state index contributed by atoms with van der Waals surface area (Å²) in [5.41, 5.74) is 13.2. The Morgan fingerprint density at radius 3 is 2.79 bits per heavy atom. The second kappa shape index (κ2) is 8.79. The molecule has 1 saturated heterocycles. The van der Waals surface area contributed by atoms with Crippen LogP contribution in [0.1, 0.15) is 36.8 Å². The predicted molar refractivity (Wildman–Crippen MR) is 105 cm³/mol. The third-order valence-electron chi connectivity index (χ3n) is 5.74. The zero-order valence-corrected chi connectivity index (χ0v) is 16.4. The van der Waals surface area contributed by atoms with E-state index in [2.05, 4.69) is 17.4 Å². The second-order valence-corrected chi connectivity index (χ2v) is 7.48. The van der Waals surface area contributed by atoms with Gasteiger partial charge in [-0.2, -0.15) is 0 Å². The first-order valence-corrected chi connectivity index (χ1v) is 9.84. The van der Waals surface area contributed by atoms with Crippen molar-refractivity contribution in [1.29, 1.82) is 0 Å². The maximum Gasteiger partial charge on any atom is 0.312 e. The smallest absolute Gasteiger partial charge is 0.312 e. The summed E-state index contributed by atoms with van der Waals surface area (Å²) in [4.78, 5) is 25.2. The van der Waals surface area contributed by atoms with Crippen LogP contribution in [0.5, 0.6) is 5.75 Å². The van der Waals surface area contributed by atoms with Crippen molar-refractivity contribution < 1.29 is 19.1 Å². The van der Waals surface area contributed by atoms with Gasteiger partial charge in [0.05, 0.1) is 25.4 Å². The molecule has 154 valence electrons. The number of carbonyl (C=O) groups excluding carboxylic acids is 2. The van der Waals surface area contributed by atoms with E-state index in [-0.39, 0.29) is 11.5 Å². The number of amides is 3. The Kier molecular flexibility index (Phi) is 6.41. The van der Waals surface area contributed by atoms with Crippen LogP contribution < -0.4 is 21.5 Å². The number of carbonyl (C=O) groups is 2. The molecule has 0 radical (unpaired) electrons. The Balaban J connectivity index is 1.57. The molecule has 0 aromatic heterocycles. The number of nitrogens with zero attached hydrogens (tertiary/aromatic N) is 1. The molecule has 5 N–H and O–H groups in total. The van der Waals surface area contributed by atoms with Gasteiger partial charge in [0.1, 0.15) is 5.75 Å². The first-order chi connectivity index (χ1) is 13.4. The molecule has 1 aromatic carbocycles. The van der Waals surface area contributed by atoms with Crippen molar-refractivity contribution in [2.75, 3.05) is 33.4 Å². The number of hydrogen-bond acceptors (Lipinski definition) is 5. The van der Waals surface area contributed by atoms with Crippen molar-refractivity contribution in [2.24, 2.45) is 11.5 Å². The number of urea groups is 1. The fourth-order valence-corrected chi connectivity index (χ4v) is 4.18. The highest BCUT2D eigenvalue weighted by Crippen LogP contribution is 2.42. The van der Waals surface area contributed by atoms with Crippen molar-refractivity contribution in [3.05, 3.63) is 29.3 Å². The number of nitrogens with one attached hydrogen (secondary N) is 1. The van der Waals surface area contributed by atoms with Crippen LogP contribution in [0, 0.1) is 0 Å². The number of fused-ring (bicyclic) bond motifs is 2. The maximum atomic E-state index is 12.7. The lowest BCUT2D eigenvalue weighted by Gasteiger charge is -2.45. The first-order valence-electron chi connectivity index (χ1n) is 9.84. The van der Waals surface area contributed by atoms with E-state index >= 15 is 0 Å². The van der Waals surface area contributed by atoms with Crippen LogP contribution in [-0.2, 0) is 21.6 Å². The summed E-state index contributed by atoms with van der Waals surface area (Å²) in [7, 11) is 1.67. The van der Waals surface area contributed by atoms with Crippen LogP contribution in [0.25, 0.3) is 0 Å². The Hall–Kier alpha value is -2.32. The van der Waals surface area contributed by atoms with Crippen molar-refractivity contribution in [3.63, 3.8) is 0 Å². The molecule has 0 saturated carbocycles. The summed E-state index contributed by atoms with van der Waals surface area (Å²) in [6.07, 6.45) is 3.52. The number of benzene rings is 1. The minimum atomic E-state index is -0.563. The highest BCUT2D eigenvalue weighted by atomic mass is 16.5. The number of ether oxygens (including phenoxy) is 2. The number of methoxy groups -OCH3 is 1. The van der Waals surface area contributed by atoms with E-state index in [0.29, 0.717) is 39.1 Å². The summed E-state index contributed by atoms with van der Waals surface area (Å²) < 4.78 is 11.6. The zero-order chi connectivity index (χ0) is 20.1. The third-order valence-corrected chi connectivity index (χ3v) is 5.74. The van der Waals surface area contributed by atoms with Gasteiger partial charge in [0, 0.05) is 19.6 Å². The highest BCUT2D eigenvalue weighted by Gasteiger charge is 2.42. The SMILES string of the molecule is COc1ccc2c(c1)CCOC21CCN(C(=O)C(N)CCCNC(N)=O)CC1. The van der Waals surface area contributed by atoms with Gasteiger partial charge in [0.2, 0.25) is 5.91 Å². The molecule has 0 bridgehead atoms. The average Bonchev–Trinajstić information content (AvgIpc) is 2.71. The molecule has 1 spiro atoms. The lowest BCUT2D eigenvalue weighted by Crippen LogP contribution is -2.52. The topological polar surface area (TPSA) is 120 Å². The zero-order valence-electron chi connectivity index (χ0n) is 16.4.